The Morgan fingerprint density at radius 2 is 2.10 bits per heavy atom. The minimum absolute atomic E-state index is 0.181. The molecule has 0 saturated heterocycles. The van der Waals surface area contributed by atoms with Crippen molar-refractivity contribution in [1.82, 2.24) is 4.98 Å². The van der Waals surface area contributed by atoms with E-state index in [0.717, 1.165) is 0 Å². The lowest BCUT2D eigenvalue weighted by Gasteiger charge is -2.09. The first-order chi connectivity index (χ1) is 9.67. The van der Waals surface area contributed by atoms with Crippen LogP contribution in [0.1, 0.15) is 17.4 Å². The van der Waals surface area contributed by atoms with Gasteiger partial charge in [-0.05, 0) is 36.8 Å². The number of aldehydes is 1. The van der Waals surface area contributed by atoms with Gasteiger partial charge in [0, 0.05) is 11.6 Å². The van der Waals surface area contributed by atoms with Crippen LogP contribution in [0, 0.1) is 5.82 Å². The lowest BCUT2D eigenvalue weighted by molar-refractivity contribution is 0.111. The minimum atomic E-state index is -0.404. The Balaban J connectivity index is 2.54. The molecule has 0 saturated carbocycles. The third-order valence-electron chi connectivity index (χ3n) is 2.71. The van der Waals surface area contributed by atoms with E-state index in [4.69, 9.17) is 9.47 Å². The highest BCUT2D eigenvalue weighted by Gasteiger charge is 2.10. The monoisotopic (exact) mass is 275 g/mol. The number of benzene rings is 1. The Morgan fingerprint density at radius 1 is 1.30 bits per heavy atom. The fourth-order valence-corrected chi connectivity index (χ4v) is 1.83. The molecule has 1 aromatic carbocycles. The molecule has 0 amide bonds. The maximum atomic E-state index is 14.0. The molecule has 1 heterocycles. The molecule has 1 aromatic heterocycles. The molecule has 104 valence electrons. The summed E-state index contributed by atoms with van der Waals surface area (Å²) in [4.78, 5) is 14.8. The van der Waals surface area contributed by atoms with E-state index < -0.39 is 5.82 Å². The van der Waals surface area contributed by atoms with Gasteiger partial charge in [-0.1, -0.05) is 0 Å². The van der Waals surface area contributed by atoms with Gasteiger partial charge in [-0.25, -0.2) is 9.37 Å². The van der Waals surface area contributed by atoms with Crippen molar-refractivity contribution in [3.63, 3.8) is 0 Å². The summed E-state index contributed by atoms with van der Waals surface area (Å²) in [6, 6.07) is 7.54. The van der Waals surface area contributed by atoms with Crippen LogP contribution in [0.15, 0.2) is 30.3 Å². The number of methoxy groups -OCH3 is 1. The van der Waals surface area contributed by atoms with E-state index in [1.807, 2.05) is 6.92 Å². The van der Waals surface area contributed by atoms with E-state index in [1.54, 1.807) is 18.2 Å². The van der Waals surface area contributed by atoms with Crippen molar-refractivity contribution in [2.24, 2.45) is 0 Å². The summed E-state index contributed by atoms with van der Waals surface area (Å²) in [7, 11) is 1.44. The molecule has 0 radical (unpaired) electrons. The second-order valence-corrected chi connectivity index (χ2v) is 4.02. The summed E-state index contributed by atoms with van der Waals surface area (Å²) in [6.45, 7) is 2.34. The van der Waals surface area contributed by atoms with E-state index in [2.05, 4.69) is 4.98 Å². The smallest absolute Gasteiger partial charge is 0.214 e. The maximum Gasteiger partial charge on any atom is 0.214 e. The zero-order valence-electron chi connectivity index (χ0n) is 11.2. The summed E-state index contributed by atoms with van der Waals surface area (Å²) < 4.78 is 24.3. The number of pyridine rings is 1. The van der Waals surface area contributed by atoms with Crippen LogP contribution >= 0.6 is 0 Å². The van der Waals surface area contributed by atoms with Crippen molar-refractivity contribution < 1.29 is 18.7 Å². The average molecular weight is 275 g/mol. The summed E-state index contributed by atoms with van der Waals surface area (Å²) in [5.74, 6) is 0.414. The number of carbonyl (C=O) groups excluding carboxylic acids is 1. The van der Waals surface area contributed by atoms with Crippen LogP contribution in [0.3, 0.4) is 0 Å². The quantitative estimate of drug-likeness (QED) is 0.787. The first kappa shape index (κ1) is 14.0. The number of hydrogen-bond donors (Lipinski definition) is 0. The van der Waals surface area contributed by atoms with Crippen LogP contribution in [-0.2, 0) is 0 Å². The Hall–Kier alpha value is -2.43. The molecule has 5 heteroatoms. The van der Waals surface area contributed by atoms with Crippen molar-refractivity contribution in [1.29, 1.82) is 0 Å². The van der Waals surface area contributed by atoms with E-state index in [9.17, 15) is 9.18 Å². The highest BCUT2D eigenvalue weighted by molar-refractivity contribution is 5.77. The van der Waals surface area contributed by atoms with E-state index in [1.165, 1.54) is 19.2 Å². The van der Waals surface area contributed by atoms with Crippen molar-refractivity contribution in [3.8, 4) is 22.8 Å². The number of carbonyl (C=O) groups is 1. The molecule has 0 bridgehead atoms. The standard InChI is InChI=1S/C15H14FNO3/c1-3-20-12-4-5-14(16)13(8-12)10-6-11(9-18)17-15(7-10)19-2/h4-9H,3H2,1-2H3. The van der Waals surface area contributed by atoms with Gasteiger partial charge < -0.3 is 9.47 Å². The lowest BCUT2D eigenvalue weighted by Crippen LogP contribution is -1.96. The van der Waals surface area contributed by atoms with Gasteiger partial charge >= 0.3 is 0 Å². The predicted octanol–water partition coefficient (Wildman–Crippen LogP) is 3.11. The fraction of sp³-hybridized carbons (Fsp3) is 0.200. The predicted molar refractivity (Wildman–Crippen MR) is 72.7 cm³/mol. The van der Waals surface area contributed by atoms with Crippen molar-refractivity contribution in [3.05, 3.63) is 41.8 Å². The molecule has 0 N–H and O–H groups in total. The number of aromatic nitrogens is 1. The molecule has 0 aliphatic rings. The number of hydrogen-bond acceptors (Lipinski definition) is 4. The highest BCUT2D eigenvalue weighted by atomic mass is 19.1. The summed E-state index contributed by atoms with van der Waals surface area (Å²) in [5, 5.41) is 0. The molecular weight excluding hydrogens is 261 g/mol. The second kappa shape index (κ2) is 6.14. The van der Waals surface area contributed by atoms with E-state index in [0.29, 0.717) is 29.8 Å². The third-order valence-corrected chi connectivity index (χ3v) is 2.71. The first-order valence-electron chi connectivity index (χ1n) is 6.12. The van der Waals surface area contributed by atoms with Gasteiger partial charge in [0.15, 0.2) is 6.29 Å². The van der Waals surface area contributed by atoms with Crippen molar-refractivity contribution >= 4 is 6.29 Å². The molecule has 20 heavy (non-hydrogen) atoms. The normalized spacial score (nSPS) is 10.2. The number of rotatable bonds is 5. The first-order valence-corrected chi connectivity index (χ1v) is 6.12. The van der Waals surface area contributed by atoms with Gasteiger partial charge in [0.05, 0.1) is 13.7 Å². The second-order valence-electron chi connectivity index (χ2n) is 4.02. The van der Waals surface area contributed by atoms with Gasteiger partial charge in [-0.3, -0.25) is 4.79 Å². The van der Waals surface area contributed by atoms with Crippen LogP contribution in [-0.4, -0.2) is 25.0 Å². The van der Waals surface area contributed by atoms with Gasteiger partial charge in [-0.15, -0.1) is 0 Å². The molecule has 0 aliphatic carbocycles. The third kappa shape index (κ3) is 2.93. The van der Waals surface area contributed by atoms with Gasteiger partial charge in [-0.2, -0.15) is 0 Å². The molecule has 0 atom stereocenters. The van der Waals surface area contributed by atoms with Crippen LogP contribution < -0.4 is 9.47 Å². The fourth-order valence-electron chi connectivity index (χ4n) is 1.83. The average Bonchev–Trinajstić information content (AvgIpc) is 2.48. The van der Waals surface area contributed by atoms with E-state index in [-0.39, 0.29) is 11.6 Å². The molecule has 0 spiro atoms. The molecule has 0 aliphatic heterocycles. The lowest BCUT2D eigenvalue weighted by atomic mass is 10.0. The Kier molecular flexibility index (Phi) is 4.30. The highest BCUT2D eigenvalue weighted by Crippen LogP contribution is 2.29. The number of ether oxygens (including phenoxy) is 2. The van der Waals surface area contributed by atoms with Gasteiger partial charge in [0.2, 0.25) is 5.88 Å². The summed E-state index contributed by atoms with van der Waals surface area (Å²) in [5.41, 5.74) is 1.03. The SMILES string of the molecule is CCOc1ccc(F)c(-c2cc(C=O)nc(OC)c2)c1. The Labute approximate surface area is 116 Å². The summed E-state index contributed by atoms with van der Waals surface area (Å²) in [6.07, 6.45) is 0.594. The molecule has 2 aromatic rings. The molecule has 0 fully saturated rings. The molecule has 2 rings (SSSR count). The maximum absolute atomic E-state index is 14.0. The van der Waals surface area contributed by atoms with Gasteiger partial charge in [0.1, 0.15) is 17.3 Å². The van der Waals surface area contributed by atoms with Crippen LogP contribution in [0.4, 0.5) is 4.39 Å². The zero-order chi connectivity index (χ0) is 14.5. The van der Waals surface area contributed by atoms with Crippen LogP contribution in [0.5, 0.6) is 11.6 Å². The minimum Gasteiger partial charge on any atom is -0.494 e. The molecule has 4 nitrogen and oxygen atoms in total. The van der Waals surface area contributed by atoms with Gasteiger partial charge in [0.25, 0.3) is 0 Å². The topological polar surface area (TPSA) is 48.4 Å². The molecular formula is C15H14FNO3. The Morgan fingerprint density at radius 3 is 2.75 bits per heavy atom. The van der Waals surface area contributed by atoms with Crippen molar-refractivity contribution in [2.45, 2.75) is 6.92 Å². The number of halogens is 1. The summed E-state index contributed by atoms with van der Waals surface area (Å²) >= 11 is 0. The zero-order valence-corrected chi connectivity index (χ0v) is 11.2. The Bertz CT molecular complexity index is 629. The van der Waals surface area contributed by atoms with E-state index >= 15 is 0 Å². The largest absolute Gasteiger partial charge is 0.494 e. The number of nitrogens with zero attached hydrogens (tertiary/aromatic N) is 1. The van der Waals surface area contributed by atoms with Crippen LogP contribution in [0.2, 0.25) is 0 Å². The van der Waals surface area contributed by atoms with Crippen molar-refractivity contribution in [2.75, 3.05) is 13.7 Å². The van der Waals surface area contributed by atoms with Crippen LogP contribution in [0.25, 0.3) is 11.1 Å². The molecule has 0 unspecified atom stereocenters.